The first-order valence-electron chi connectivity index (χ1n) is 5.35. The smallest absolute Gasteiger partial charge is 0.164 e. The number of rotatable bonds is 2. The van der Waals surface area contributed by atoms with E-state index >= 15 is 0 Å². The number of carbonyl (C=O) groups excluding carboxylic acids is 1. The van der Waals surface area contributed by atoms with Crippen LogP contribution in [0.15, 0.2) is 12.7 Å². The fraction of sp³-hybridized carbons (Fsp3) is 0.750. The molecule has 1 fully saturated rings. The SMILES string of the molecule is C=CC.CC(=O)C(F)C1CCCCC1. The van der Waals surface area contributed by atoms with Crippen LogP contribution in [0.25, 0.3) is 0 Å². The topological polar surface area (TPSA) is 17.1 Å². The lowest BCUT2D eigenvalue weighted by Gasteiger charge is -2.23. The normalized spacial score (nSPS) is 19.1. The molecule has 0 saturated heterocycles. The van der Waals surface area contributed by atoms with Gasteiger partial charge in [-0.15, -0.1) is 6.58 Å². The number of halogens is 1. The average Bonchev–Trinajstić information content (AvgIpc) is 2.19. The summed E-state index contributed by atoms with van der Waals surface area (Å²) in [7, 11) is 0. The van der Waals surface area contributed by atoms with Crippen molar-refractivity contribution in [3.8, 4) is 0 Å². The van der Waals surface area contributed by atoms with E-state index in [0.29, 0.717) is 0 Å². The fourth-order valence-corrected chi connectivity index (χ4v) is 1.76. The second-order valence-corrected chi connectivity index (χ2v) is 3.82. The van der Waals surface area contributed by atoms with Gasteiger partial charge < -0.3 is 0 Å². The number of ketones is 1. The first kappa shape index (κ1) is 13.3. The molecule has 0 aromatic rings. The van der Waals surface area contributed by atoms with E-state index in [0.717, 1.165) is 25.7 Å². The Morgan fingerprint density at radius 2 is 1.86 bits per heavy atom. The maximum Gasteiger partial charge on any atom is 0.164 e. The predicted octanol–water partition coefficient (Wildman–Crippen LogP) is 3.69. The lowest BCUT2D eigenvalue weighted by Crippen LogP contribution is -2.25. The van der Waals surface area contributed by atoms with E-state index in [2.05, 4.69) is 6.58 Å². The van der Waals surface area contributed by atoms with Crippen LogP contribution in [0.1, 0.15) is 46.0 Å². The van der Waals surface area contributed by atoms with Crippen molar-refractivity contribution in [3.63, 3.8) is 0 Å². The lowest BCUT2D eigenvalue weighted by atomic mass is 9.85. The molecule has 1 nitrogen and oxygen atoms in total. The molecule has 0 aliphatic heterocycles. The minimum absolute atomic E-state index is 0.0289. The molecule has 0 amide bonds. The van der Waals surface area contributed by atoms with Crippen molar-refractivity contribution in [1.29, 1.82) is 0 Å². The summed E-state index contributed by atoms with van der Waals surface area (Å²) >= 11 is 0. The standard InChI is InChI=1S/C9H15FO.C3H6/c1-7(11)9(10)8-5-3-2-4-6-8;1-3-2/h8-9H,2-6H2,1H3;3H,1H2,2H3. The van der Waals surface area contributed by atoms with Gasteiger partial charge >= 0.3 is 0 Å². The van der Waals surface area contributed by atoms with E-state index in [9.17, 15) is 9.18 Å². The predicted molar refractivity (Wildman–Crippen MR) is 58.0 cm³/mol. The van der Waals surface area contributed by atoms with Crippen molar-refractivity contribution in [2.75, 3.05) is 0 Å². The number of carbonyl (C=O) groups is 1. The molecule has 0 aromatic heterocycles. The third-order valence-electron chi connectivity index (χ3n) is 2.45. The molecular formula is C12H21FO. The van der Waals surface area contributed by atoms with Gasteiger partial charge in [0.15, 0.2) is 12.0 Å². The molecule has 14 heavy (non-hydrogen) atoms. The maximum absolute atomic E-state index is 13.1. The molecule has 1 atom stereocenters. The van der Waals surface area contributed by atoms with Gasteiger partial charge in [-0.3, -0.25) is 4.79 Å². The van der Waals surface area contributed by atoms with Crippen molar-refractivity contribution in [2.24, 2.45) is 5.92 Å². The molecule has 0 spiro atoms. The number of alkyl halides is 1. The molecule has 1 aliphatic carbocycles. The molecular weight excluding hydrogens is 179 g/mol. The van der Waals surface area contributed by atoms with Crippen LogP contribution in [0.5, 0.6) is 0 Å². The average molecular weight is 200 g/mol. The zero-order chi connectivity index (χ0) is 11.0. The van der Waals surface area contributed by atoms with Gasteiger partial charge in [-0.2, -0.15) is 0 Å². The molecule has 1 rings (SSSR count). The maximum atomic E-state index is 13.1. The summed E-state index contributed by atoms with van der Waals surface area (Å²) < 4.78 is 13.1. The summed E-state index contributed by atoms with van der Waals surface area (Å²) in [6, 6.07) is 0. The van der Waals surface area contributed by atoms with Crippen LogP contribution in [0, 0.1) is 5.92 Å². The first-order valence-corrected chi connectivity index (χ1v) is 5.35. The molecule has 1 aliphatic rings. The van der Waals surface area contributed by atoms with Crippen molar-refractivity contribution >= 4 is 5.78 Å². The van der Waals surface area contributed by atoms with Crippen LogP contribution in [-0.4, -0.2) is 12.0 Å². The minimum Gasteiger partial charge on any atom is -0.297 e. The molecule has 0 aromatic carbocycles. The van der Waals surface area contributed by atoms with Gasteiger partial charge in [0.25, 0.3) is 0 Å². The Morgan fingerprint density at radius 3 is 2.21 bits per heavy atom. The molecule has 0 radical (unpaired) electrons. The highest BCUT2D eigenvalue weighted by Gasteiger charge is 2.26. The zero-order valence-electron chi connectivity index (χ0n) is 9.26. The van der Waals surface area contributed by atoms with Gasteiger partial charge in [0.2, 0.25) is 0 Å². The second kappa shape index (κ2) is 7.72. The summed E-state index contributed by atoms with van der Waals surface area (Å²) in [5.41, 5.74) is 0. The lowest BCUT2D eigenvalue weighted by molar-refractivity contribution is -0.123. The van der Waals surface area contributed by atoms with Gasteiger partial charge in [0, 0.05) is 0 Å². The van der Waals surface area contributed by atoms with Gasteiger partial charge in [-0.25, -0.2) is 4.39 Å². The van der Waals surface area contributed by atoms with E-state index in [-0.39, 0.29) is 11.7 Å². The van der Waals surface area contributed by atoms with Crippen molar-refractivity contribution < 1.29 is 9.18 Å². The summed E-state index contributed by atoms with van der Waals surface area (Å²) in [6.45, 7) is 6.60. The molecule has 2 heteroatoms. The van der Waals surface area contributed by atoms with E-state index in [1.54, 1.807) is 6.08 Å². The quantitative estimate of drug-likeness (QED) is 0.621. The summed E-state index contributed by atoms with van der Waals surface area (Å²) in [4.78, 5) is 10.7. The van der Waals surface area contributed by atoms with Crippen LogP contribution in [0.4, 0.5) is 4.39 Å². The van der Waals surface area contributed by atoms with E-state index in [4.69, 9.17) is 0 Å². The van der Waals surface area contributed by atoms with Crippen molar-refractivity contribution in [1.82, 2.24) is 0 Å². The minimum atomic E-state index is -1.18. The summed E-state index contributed by atoms with van der Waals surface area (Å²) in [6.07, 6.45) is 5.77. The first-order chi connectivity index (χ1) is 6.63. The zero-order valence-corrected chi connectivity index (χ0v) is 9.26. The highest BCUT2D eigenvalue weighted by molar-refractivity contribution is 5.80. The molecule has 1 unspecified atom stereocenters. The summed E-state index contributed by atoms with van der Waals surface area (Å²) in [5, 5.41) is 0. The Morgan fingerprint density at radius 1 is 1.43 bits per heavy atom. The van der Waals surface area contributed by atoms with Crippen LogP contribution in [-0.2, 0) is 4.79 Å². The third kappa shape index (κ3) is 5.15. The Hall–Kier alpha value is -0.660. The van der Waals surface area contributed by atoms with Gasteiger partial charge in [0.1, 0.15) is 0 Å². The Balaban J connectivity index is 0.000000500. The Bertz CT molecular complexity index is 171. The van der Waals surface area contributed by atoms with Gasteiger partial charge in [-0.05, 0) is 32.6 Å². The molecule has 82 valence electrons. The van der Waals surface area contributed by atoms with Gasteiger partial charge in [-0.1, -0.05) is 25.3 Å². The number of hydrogen-bond acceptors (Lipinski definition) is 1. The largest absolute Gasteiger partial charge is 0.297 e. The third-order valence-corrected chi connectivity index (χ3v) is 2.45. The Labute approximate surface area is 86.4 Å². The van der Waals surface area contributed by atoms with E-state index in [1.165, 1.54) is 13.3 Å². The monoisotopic (exact) mass is 200 g/mol. The van der Waals surface area contributed by atoms with Crippen LogP contribution < -0.4 is 0 Å². The van der Waals surface area contributed by atoms with Crippen LogP contribution in [0.2, 0.25) is 0 Å². The highest BCUT2D eigenvalue weighted by atomic mass is 19.1. The number of Topliss-reactive ketones (excluding diaryl/α,β-unsaturated/α-hetero) is 1. The van der Waals surface area contributed by atoms with E-state index in [1.807, 2.05) is 6.92 Å². The molecule has 0 N–H and O–H groups in total. The number of hydrogen-bond donors (Lipinski definition) is 0. The van der Waals surface area contributed by atoms with Gasteiger partial charge in [0.05, 0.1) is 0 Å². The Kier molecular flexibility index (Phi) is 7.35. The van der Waals surface area contributed by atoms with Crippen molar-refractivity contribution in [3.05, 3.63) is 12.7 Å². The fourth-order valence-electron chi connectivity index (χ4n) is 1.76. The summed E-state index contributed by atoms with van der Waals surface area (Å²) in [5.74, 6) is -0.266. The van der Waals surface area contributed by atoms with Crippen LogP contribution in [0.3, 0.4) is 0 Å². The van der Waals surface area contributed by atoms with Crippen molar-refractivity contribution in [2.45, 2.75) is 52.1 Å². The molecule has 0 bridgehead atoms. The highest BCUT2D eigenvalue weighted by Crippen LogP contribution is 2.28. The van der Waals surface area contributed by atoms with Crippen LogP contribution >= 0.6 is 0 Å². The molecule has 0 heterocycles. The second-order valence-electron chi connectivity index (χ2n) is 3.82. The number of allylic oxidation sites excluding steroid dienone is 1. The van der Waals surface area contributed by atoms with E-state index < -0.39 is 6.17 Å². The molecule has 1 saturated carbocycles.